The summed E-state index contributed by atoms with van der Waals surface area (Å²) < 4.78 is 24.4. The first-order chi connectivity index (χ1) is 6.90. The molecule has 0 spiro atoms. The number of rotatable bonds is 2. The van der Waals surface area contributed by atoms with E-state index in [1.807, 2.05) is 0 Å². The molecule has 1 rings (SSSR count). The van der Waals surface area contributed by atoms with Crippen molar-refractivity contribution in [3.8, 4) is 0 Å². The highest BCUT2D eigenvalue weighted by molar-refractivity contribution is 5.77. The number of nitrogens with two attached hydrogens (primary N) is 1. The quantitative estimate of drug-likeness (QED) is 0.666. The van der Waals surface area contributed by atoms with Crippen molar-refractivity contribution in [2.24, 2.45) is 5.73 Å². The first-order valence-electron chi connectivity index (χ1n) is 4.93. The van der Waals surface area contributed by atoms with Crippen LogP contribution in [0.25, 0.3) is 0 Å². The second kappa shape index (κ2) is 3.88. The molecule has 1 atom stereocenters. The van der Waals surface area contributed by atoms with Crippen molar-refractivity contribution in [3.05, 3.63) is 35.9 Å². The van der Waals surface area contributed by atoms with Gasteiger partial charge in [0.25, 0.3) is 0 Å². The van der Waals surface area contributed by atoms with Crippen molar-refractivity contribution < 1.29 is 13.6 Å². The Hall–Kier alpha value is -1.35. The lowest BCUT2D eigenvalue weighted by Crippen LogP contribution is -2.22. The summed E-state index contributed by atoms with van der Waals surface area (Å²) in [7, 11) is -2.75. The van der Waals surface area contributed by atoms with Gasteiger partial charge >= 0.3 is 5.97 Å². The van der Waals surface area contributed by atoms with Crippen molar-refractivity contribution in [2.45, 2.75) is 6.04 Å². The van der Waals surface area contributed by atoms with E-state index in [1.165, 1.54) is 0 Å². The zero-order valence-electron chi connectivity index (χ0n) is 9.36. The van der Waals surface area contributed by atoms with Gasteiger partial charge < -0.3 is 10.5 Å². The molecule has 0 bridgehead atoms. The van der Waals surface area contributed by atoms with Crippen LogP contribution in [0.1, 0.15) is 15.7 Å². The highest BCUT2D eigenvalue weighted by Gasteiger charge is 2.14. The molecule has 0 aromatic heterocycles. The van der Waals surface area contributed by atoms with Gasteiger partial charge in [-0.1, -0.05) is 30.3 Å². The fourth-order valence-electron chi connectivity index (χ4n) is 0.860. The molecule has 0 aliphatic heterocycles. The van der Waals surface area contributed by atoms with Crippen molar-refractivity contribution in [1.29, 1.82) is 0 Å². The smallest absolute Gasteiger partial charge is 0.327 e. The third-order valence-electron chi connectivity index (χ3n) is 1.51. The minimum atomic E-state index is -2.75. The minimum absolute atomic E-state index is 0.520. The van der Waals surface area contributed by atoms with Gasteiger partial charge in [0.1, 0.15) is 6.04 Å². The Labute approximate surface area is 75.4 Å². The van der Waals surface area contributed by atoms with E-state index in [0.717, 1.165) is 0 Å². The average Bonchev–Trinajstić information content (AvgIpc) is 2.15. The summed E-state index contributed by atoms with van der Waals surface area (Å²) in [4.78, 5) is 11.3. The third kappa shape index (κ3) is 1.83. The Morgan fingerprint density at radius 2 is 2.25 bits per heavy atom. The maximum absolute atomic E-state index is 11.3. The molecule has 3 nitrogen and oxygen atoms in total. The van der Waals surface area contributed by atoms with Crippen molar-refractivity contribution in [3.63, 3.8) is 0 Å². The number of carbonyl (C=O) groups is 1. The second-order valence-corrected chi connectivity index (χ2v) is 2.31. The number of ether oxygens (including phenoxy) is 1. The fourth-order valence-corrected chi connectivity index (χ4v) is 0.860. The predicted molar refractivity (Wildman–Crippen MR) is 45.4 cm³/mol. The van der Waals surface area contributed by atoms with Gasteiger partial charge in [-0.05, 0) is 5.56 Å². The molecule has 0 unspecified atom stereocenters. The Morgan fingerprint density at radius 3 is 2.83 bits per heavy atom. The van der Waals surface area contributed by atoms with Crippen LogP contribution in [0.3, 0.4) is 0 Å². The maximum atomic E-state index is 11.3. The van der Waals surface area contributed by atoms with Gasteiger partial charge in [-0.2, -0.15) is 0 Å². The van der Waals surface area contributed by atoms with Crippen LogP contribution in [0, 0.1) is 0 Å². The van der Waals surface area contributed by atoms with Crippen LogP contribution in [-0.2, 0) is 9.53 Å². The van der Waals surface area contributed by atoms with Crippen LogP contribution >= 0.6 is 0 Å². The molecule has 0 saturated carbocycles. The van der Waals surface area contributed by atoms with E-state index in [-0.39, 0.29) is 0 Å². The number of hydrogen-bond acceptors (Lipinski definition) is 3. The first kappa shape index (κ1) is 5.32. The summed E-state index contributed by atoms with van der Waals surface area (Å²) in [6.07, 6.45) is 0. The van der Waals surface area contributed by atoms with E-state index >= 15 is 0 Å². The van der Waals surface area contributed by atoms with Gasteiger partial charge in [-0.15, -0.1) is 0 Å². The van der Waals surface area contributed by atoms with Crippen LogP contribution in [0.15, 0.2) is 30.3 Å². The molecule has 0 radical (unpaired) electrons. The fraction of sp³-hybridized carbons (Fsp3) is 0.222. The standard InChI is InChI=1S/C9H11NO2/c1-12-9(11)8(10)7-5-3-2-4-6-7/h2-6,8H,10H2,1H3/t8-/m1/s1/i1D3. The SMILES string of the molecule is [2H]C([2H])([2H])OC(=O)[C@H](N)c1ccccc1. The molecular weight excluding hydrogens is 154 g/mol. The molecule has 0 aliphatic rings. The van der Waals surface area contributed by atoms with Crippen molar-refractivity contribution in [2.75, 3.05) is 7.04 Å². The second-order valence-electron chi connectivity index (χ2n) is 2.31. The maximum Gasteiger partial charge on any atom is 0.327 e. The molecule has 2 N–H and O–H groups in total. The molecule has 0 heterocycles. The molecule has 1 aromatic rings. The largest absolute Gasteiger partial charge is 0.468 e. The van der Waals surface area contributed by atoms with Crippen LogP contribution < -0.4 is 5.73 Å². The lowest BCUT2D eigenvalue weighted by Gasteiger charge is -2.08. The van der Waals surface area contributed by atoms with Gasteiger partial charge in [-0.25, -0.2) is 0 Å². The predicted octanol–water partition coefficient (Wildman–Crippen LogP) is 0.859. The normalized spacial score (nSPS) is 16.9. The highest BCUT2D eigenvalue weighted by atomic mass is 16.5. The zero-order valence-corrected chi connectivity index (χ0v) is 6.36. The highest BCUT2D eigenvalue weighted by Crippen LogP contribution is 2.09. The third-order valence-corrected chi connectivity index (χ3v) is 1.51. The number of benzene rings is 1. The molecule has 0 amide bonds. The van der Waals surface area contributed by atoms with E-state index in [1.54, 1.807) is 30.3 Å². The summed E-state index contributed by atoms with van der Waals surface area (Å²) in [5.74, 6) is -0.957. The molecule has 3 heteroatoms. The molecule has 1 aromatic carbocycles. The Balaban J connectivity index is 2.70. The molecule has 0 fully saturated rings. The minimum Gasteiger partial charge on any atom is -0.468 e. The van der Waals surface area contributed by atoms with Gasteiger partial charge in [0.15, 0.2) is 0 Å². The molecule has 0 aliphatic carbocycles. The summed E-state index contributed by atoms with van der Waals surface area (Å²) >= 11 is 0. The Morgan fingerprint density at radius 1 is 1.58 bits per heavy atom. The van der Waals surface area contributed by atoms with E-state index in [4.69, 9.17) is 9.85 Å². The first-order valence-corrected chi connectivity index (χ1v) is 3.43. The van der Waals surface area contributed by atoms with Crippen LogP contribution in [-0.4, -0.2) is 13.0 Å². The van der Waals surface area contributed by atoms with E-state index in [2.05, 4.69) is 4.74 Å². The van der Waals surface area contributed by atoms with Crippen molar-refractivity contribution in [1.82, 2.24) is 0 Å². The number of carbonyl (C=O) groups excluding carboxylic acids is 1. The van der Waals surface area contributed by atoms with Gasteiger partial charge in [0.2, 0.25) is 0 Å². The lowest BCUT2D eigenvalue weighted by molar-refractivity contribution is -0.142. The van der Waals surface area contributed by atoms with Gasteiger partial charge in [0.05, 0.1) is 11.2 Å². The molecule has 0 saturated heterocycles. The van der Waals surface area contributed by atoms with E-state index in [0.29, 0.717) is 5.56 Å². The van der Waals surface area contributed by atoms with E-state index < -0.39 is 19.0 Å². The van der Waals surface area contributed by atoms with E-state index in [9.17, 15) is 4.79 Å². The summed E-state index contributed by atoms with van der Waals surface area (Å²) in [5, 5.41) is 0. The Kier molecular flexibility index (Phi) is 1.72. The molecule has 12 heavy (non-hydrogen) atoms. The summed E-state index contributed by atoms with van der Waals surface area (Å²) in [6, 6.07) is 7.38. The van der Waals surface area contributed by atoms with Crippen LogP contribution in [0.2, 0.25) is 0 Å². The summed E-state index contributed by atoms with van der Waals surface area (Å²) in [6.45, 7) is 0. The average molecular weight is 168 g/mol. The topological polar surface area (TPSA) is 52.3 Å². The number of hydrogen-bond donors (Lipinski definition) is 1. The molecular formula is C9H11NO2. The lowest BCUT2D eigenvalue weighted by atomic mass is 10.1. The van der Waals surface area contributed by atoms with Crippen molar-refractivity contribution >= 4 is 5.97 Å². The molecule has 64 valence electrons. The zero-order chi connectivity index (χ0) is 11.5. The van der Waals surface area contributed by atoms with Gasteiger partial charge in [0, 0.05) is 0 Å². The van der Waals surface area contributed by atoms with Gasteiger partial charge in [-0.3, -0.25) is 4.79 Å². The number of methoxy groups -OCH3 is 1. The van der Waals surface area contributed by atoms with Crippen LogP contribution in [0.5, 0.6) is 0 Å². The number of esters is 1. The monoisotopic (exact) mass is 168 g/mol. The Bertz CT molecular complexity index is 337. The van der Waals surface area contributed by atoms with Crippen LogP contribution in [0.4, 0.5) is 0 Å². The summed E-state index contributed by atoms with van der Waals surface area (Å²) in [5.41, 5.74) is 6.04.